The molecule has 1 aromatic heterocycles. The normalized spacial score (nSPS) is 18.3. The molecule has 0 radical (unpaired) electrons. The van der Waals surface area contributed by atoms with Gasteiger partial charge in [-0.25, -0.2) is 0 Å². The molecule has 114 valence electrons. The van der Waals surface area contributed by atoms with Gasteiger partial charge in [0, 0.05) is 22.8 Å². The van der Waals surface area contributed by atoms with E-state index in [4.69, 9.17) is 17.3 Å². The van der Waals surface area contributed by atoms with Gasteiger partial charge in [-0.2, -0.15) is 0 Å². The van der Waals surface area contributed by atoms with Crippen molar-refractivity contribution < 1.29 is 0 Å². The number of hydrogen-bond acceptors (Lipinski definition) is 3. The first-order chi connectivity index (χ1) is 9.61. The summed E-state index contributed by atoms with van der Waals surface area (Å²) in [6.45, 7) is 6.43. The van der Waals surface area contributed by atoms with E-state index in [0.717, 1.165) is 17.5 Å². The zero-order valence-corrected chi connectivity index (χ0v) is 14.2. The third-order valence-electron chi connectivity index (χ3n) is 4.30. The van der Waals surface area contributed by atoms with Crippen LogP contribution in [0.4, 0.5) is 0 Å². The quantitative estimate of drug-likeness (QED) is 0.791. The summed E-state index contributed by atoms with van der Waals surface area (Å²) in [6, 6.07) is 3.15. The molecule has 1 unspecified atom stereocenters. The molecule has 0 spiro atoms. The number of hydrogen-bond donors (Lipinski definition) is 1. The zero-order chi connectivity index (χ0) is 14.5. The Morgan fingerprint density at radius 1 is 1.40 bits per heavy atom. The molecular formula is C16H27ClN2S. The van der Waals surface area contributed by atoms with Crippen molar-refractivity contribution in [3.63, 3.8) is 0 Å². The molecule has 0 bridgehead atoms. The van der Waals surface area contributed by atoms with Crippen LogP contribution < -0.4 is 5.73 Å². The van der Waals surface area contributed by atoms with Crippen LogP contribution in [0, 0.1) is 5.92 Å². The Kier molecular flexibility index (Phi) is 6.34. The van der Waals surface area contributed by atoms with Crippen molar-refractivity contribution in [1.29, 1.82) is 0 Å². The van der Waals surface area contributed by atoms with Crippen LogP contribution in [0.5, 0.6) is 0 Å². The summed E-state index contributed by atoms with van der Waals surface area (Å²) in [5.41, 5.74) is 6.11. The van der Waals surface area contributed by atoms with Crippen molar-refractivity contribution >= 4 is 22.9 Å². The Morgan fingerprint density at radius 3 is 2.60 bits per heavy atom. The van der Waals surface area contributed by atoms with E-state index in [2.05, 4.69) is 24.8 Å². The monoisotopic (exact) mass is 314 g/mol. The number of halogens is 1. The minimum absolute atomic E-state index is 0.342. The Morgan fingerprint density at radius 2 is 2.10 bits per heavy atom. The van der Waals surface area contributed by atoms with Gasteiger partial charge in [0.25, 0.3) is 0 Å². The van der Waals surface area contributed by atoms with Gasteiger partial charge in [-0.1, -0.05) is 38.3 Å². The molecule has 1 aliphatic rings. The van der Waals surface area contributed by atoms with E-state index >= 15 is 0 Å². The van der Waals surface area contributed by atoms with Gasteiger partial charge in [-0.05, 0) is 37.8 Å². The van der Waals surface area contributed by atoms with E-state index in [1.165, 1.54) is 37.0 Å². The maximum Gasteiger partial charge on any atom is 0.0567 e. The zero-order valence-electron chi connectivity index (χ0n) is 12.6. The predicted molar refractivity (Wildman–Crippen MR) is 89.5 cm³/mol. The van der Waals surface area contributed by atoms with Crippen LogP contribution in [0.3, 0.4) is 0 Å². The summed E-state index contributed by atoms with van der Waals surface area (Å²) < 4.78 is 0. The van der Waals surface area contributed by atoms with E-state index < -0.39 is 0 Å². The van der Waals surface area contributed by atoms with Crippen LogP contribution in [0.2, 0.25) is 5.02 Å². The van der Waals surface area contributed by atoms with Gasteiger partial charge >= 0.3 is 0 Å². The van der Waals surface area contributed by atoms with Crippen LogP contribution in [-0.4, -0.2) is 24.0 Å². The van der Waals surface area contributed by atoms with E-state index in [0.29, 0.717) is 18.6 Å². The topological polar surface area (TPSA) is 29.3 Å². The highest BCUT2D eigenvalue weighted by atomic mass is 35.5. The van der Waals surface area contributed by atoms with E-state index in [9.17, 15) is 0 Å². The highest BCUT2D eigenvalue weighted by Gasteiger charge is 2.29. The average molecular weight is 315 g/mol. The molecule has 2 rings (SSSR count). The maximum atomic E-state index is 6.11. The first-order valence-corrected chi connectivity index (χ1v) is 9.07. The number of nitrogens with zero attached hydrogens (tertiary/aromatic N) is 1. The maximum absolute atomic E-state index is 6.11. The van der Waals surface area contributed by atoms with Gasteiger partial charge in [-0.15, -0.1) is 11.3 Å². The summed E-state index contributed by atoms with van der Waals surface area (Å²) in [6.07, 6.45) is 6.63. The highest BCUT2D eigenvalue weighted by Crippen LogP contribution is 2.34. The van der Waals surface area contributed by atoms with Crippen LogP contribution in [0.25, 0.3) is 0 Å². The van der Waals surface area contributed by atoms with Gasteiger partial charge in [0.15, 0.2) is 0 Å². The summed E-state index contributed by atoms with van der Waals surface area (Å²) in [5, 5.41) is 2.87. The first kappa shape index (κ1) is 16.3. The molecule has 2 N–H and O–H groups in total. The second kappa shape index (κ2) is 7.79. The van der Waals surface area contributed by atoms with Crippen LogP contribution in [0.1, 0.15) is 56.9 Å². The molecule has 2 nitrogen and oxygen atoms in total. The number of rotatable bonds is 7. The number of nitrogens with two attached hydrogens (primary N) is 1. The Bertz CT molecular complexity index is 399. The molecule has 1 aliphatic carbocycles. The lowest BCUT2D eigenvalue weighted by Gasteiger charge is -2.36. The summed E-state index contributed by atoms with van der Waals surface area (Å²) >= 11 is 7.85. The van der Waals surface area contributed by atoms with Crippen LogP contribution >= 0.6 is 22.9 Å². The van der Waals surface area contributed by atoms with Gasteiger partial charge in [0.1, 0.15) is 0 Å². The van der Waals surface area contributed by atoms with Crippen molar-refractivity contribution in [2.75, 3.05) is 13.1 Å². The van der Waals surface area contributed by atoms with E-state index in [1.807, 2.05) is 5.38 Å². The van der Waals surface area contributed by atoms with Crippen molar-refractivity contribution in [3.8, 4) is 0 Å². The van der Waals surface area contributed by atoms with Crippen molar-refractivity contribution in [1.82, 2.24) is 4.90 Å². The Balaban J connectivity index is 2.13. The Labute approximate surface area is 132 Å². The summed E-state index contributed by atoms with van der Waals surface area (Å²) in [5.74, 6) is 0.740. The fourth-order valence-corrected chi connectivity index (χ4v) is 4.37. The average Bonchev–Trinajstić information content (AvgIpc) is 3.05. The Hall–Kier alpha value is -0.0900. The molecule has 0 saturated heterocycles. The SMILES string of the molecule is CC(C)CCN(C1CCCC1)C(CN)c1cc(Cl)cs1. The predicted octanol–water partition coefficient (Wildman–Crippen LogP) is 4.69. The minimum Gasteiger partial charge on any atom is -0.329 e. The largest absolute Gasteiger partial charge is 0.329 e. The molecule has 1 atom stereocenters. The van der Waals surface area contributed by atoms with Gasteiger partial charge in [0.05, 0.1) is 11.1 Å². The molecule has 1 aromatic rings. The second-order valence-corrected chi connectivity index (χ2v) is 7.66. The minimum atomic E-state index is 0.342. The first-order valence-electron chi connectivity index (χ1n) is 7.81. The lowest BCUT2D eigenvalue weighted by atomic mass is 10.1. The molecule has 20 heavy (non-hydrogen) atoms. The second-order valence-electron chi connectivity index (χ2n) is 6.28. The third-order valence-corrected chi connectivity index (χ3v) is 5.68. The smallest absolute Gasteiger partial charge is 0.0567 e. The summed E-state index contributed by atoms with van der Waals surface area (Å²) in [7, 11) is 0. The van der Waals surface area contributed by atoms with Crippen molar-refractivity contribution in [2.24, 2.45) is 11.7 Å². The fourth-order valence-electron chi connectivity index (χ4n) is 3.15. The van der Waals surface area contributed by atoms with Crippen molar-refractivity contribution in [2.45, 2.75) is 58.0 Å². The summed E-state index contributed by atoms with van der Waals surface area (Å²) in [4.78, 5) is 3.99. The lowest BCUT2D eigenvalue weighted by molar-refractivity contribution is 0.133. The molecule has 1 saturated carbocycles. The third kappa shape index (κ3) is 4.20. The molecule has 1 heterocycles. The van der Waals surface area contributed by atoms with Gasteiger partial charge in [-0.3, -0.25) is 4.90 Å². The molecule has 0 aromatic carbocycles. The van der Waals surface area contributed by atoms with Crippen molar-refractivity contribution in [3.05, 3.63) is 21.3 Å². The number of thiophene rings is 1. The lowest BCUT2D eigenvalue weighted by Crippen LogP contribution is -2.41. The van der Waals surface area contributed by atoms with Crippen LogP contribution in [0.15, 0.2) is 11.4 Å². The van der Waals surface area contributed by atoms with E-state index in [1.54, 1.807) is 11.3 Å². The van der Waals surface area contributed by atoms with Crippen LogP contribution in [-0.2, 0) is 0 Å². The molecule has 0 aliphatic heterocycles. The highest BCUT2D eigenvalue weighted by molar-refractivity contribution is 7.10. The molecular weight excluding hydrogens is 288 g/mol. The van der Waals surface area contributed by atoms with Gasteiger partial charge < -0.3 is 5.73 Å². The molecule has 1 fully saturated rings. The molecule has 4 heteroatoms. The van der Waals surface area contributed by atoms with Gasteiger partial charge in [0.2, 0.25) is 0 Å². The molecule has 0 amide bonds. The standard InChI is InChI=1S/C16H27ClN2S/c1-12(2)7-8-19(14-5-3-4-6-14)15(10-18)16-9-13(17)11-20-16/h9,11-12,14-15H,3-8,10,18H2,1-2H3. The van der Waals surface area contributed by atoms with E-state index in [-0.39, 0.29) is 0 Å². The fraction of sp³-hybridized carbons (Fsp3) is 0.750.